The number of nitrogens with zero attached hydrogens (tertiary/aromatic N) is 1. The number of hydrogen-bond donors (Lipinski definition) is 2. The van der Waals surface area contributed by atoms with Crippen LogP contribution in [0.5, 0.6) is 17.2 Å². The van der Waals surface area contributed by atoms with Gasteiger partial charge in [-0.25, -0.2) is 5.10 Å². The maximum Gasteiger partial charge on any atom is 0.276 e. The van der Waals surface area contributed by atoms with Gasteiger partial charge in [0, 0.05) is 5.39 Å². The van der Waals surface area contributed by atoms with Gasteiger partial charge < -0.3 is 14.8 Å². The number of hydrogen-bond acceptors (Lipinski definition) is 5. The third-order valence-electron chi connectivity index (χ3n) is 4.41. The molecule has 3 aromatic carbocycles. The van der Waals surface area contributed by atoms with Crippen molar-refractivity contribution in [2.75, 3.05) is 11.9 Å². The summed E-state index contributed by atoms with van der Waals surface area (Å²) in [5.41, 5.74) is 0.260. The normalized spacial score (nSPS) is 10.6. The van der Waals surface area contributed by atoms with Crippen LogP contribution in [0.1, 0.15) is 17.4 Å². The molecule has 0 radical (unpaired) electrons. The van der Waals surface area contributed by atoms with Crippen molar-refractivity contribution in [2.24, 2.45) is 0 Å². The van der Waals surface area contributed by atoms with Crippen molar-refractivity contribution in [1.82, 2.24) is 10.2 Å². The van der Waals surface area contributed by atoms with E-state index in [9.17, 15) is 9.59 Å². The molecule has 2 N–H and O–H groups in total. The largest absolute Gasteiger partial charge is 0.494 e. The molecule has 0 unspecified atom stereocenters. The molecule has 4 aromatic rings. The zero-order valence-corrected chi connectivity index (χ0v) is 16.2. The van der Waals surface area contributed by atoms with Gasteiger partial charge in [0.1, 0.15) is 11.5 Å². The first-order valence-corrected chi connectivity index (χ1v) is 9.44. The standard InChI is InChI=1S/C23H19N3O4/c1-2-29-15-11-13-16(14-12-15)30-20-10-6-5-9-19(20)24-23(28)21-17-7-3-4-8-18(17)22(27)26-25-21/h3-14H,2H2,1H3,(H,24,28)(H,26,27). The van der Waals surface area contributed by atoms with Crippen LogP contribution in [0.3, 0.4) is 0 Å². The molecule has 4 rings (SSSR count). The van der Waals surface area contributed by atoms with E-state index in [-0.39, 0.29) is 11.3 Å². The monoisotopic (exact) mass is 401 g/mol. The summed E-state index contributed by atoms with van der Waals surface area (Å²) in [6, 6.07) is 21.1. The van der Waals surface area contributed by atoms with Crippen LogP contribution in [0.25, 0.3) is 10.8 Å². The Labute approximate surface area is 172 Å². The second-order valence-electron chi connectivity index (χ2n) is 6.40. The average molecular weight is 401 g/mol. The molecule has 1 heterocycles. The SMILES string of the molecule is CCOc1ccc(Oc2ccccc2NC(=O)c2n[nH]c(=O)c3ccccc23)cc1. The van der Waals surface area contributed by atoms with E-state index in [2.05, 4.69) is 15.5 Å². The Kier molecular flexibility index (Phi) is 5.43. The number of para-hydroxylation sites is 2. The van der Waals surface area contributed by atoms with Gasteiger partial charge in [0.25, 0.3) is 11.5 Å². The van der Waals surface area contributed by atoms with Crippen molar-refractivity contribution in [1.29, 1.82) is 0 Å². The van der Waals surface area contributed by atoms with Gasteiger partial charge in [-0.3, -0.25) is 9.59 Å². The predicted octanol–water partition coefficient (Wildman–Crippen LogP) is 4.37. The molecule has 1 amide bonds. The Morgan fingerprint density at radius 1 is 0.933 bits per heavy atom. The number of fused-ring (bicyclic) bond motifs is 1. The highest BCUT2D eigenvalue weighted by atomic mass is 16.5. The molecule has 0 spiro atoms. The van der Waals surface area contributed by atoms with E-state index in [1.807, 2.05) is 25.1 Å². The van der Waals surface area contributed by atoms with Gasteiger partial charge in [0.05, 0.1) is 17.7 Å². The molecule has 150 valence electrons. The fourth-order valence-electron chi connectivity index (χ4n) is 3.03. The van der Waals surface area contributed by atoms with Gasteiger partial charge in [-0.15, -0.1) is 0 Å². The summed E-state index contributed by atoms with van der Waals surface area (Å²) in [6.07, 6.45) is 0. The lowest BCUT2D eigenvalue weighted by molar-refractivity contribution is 0.102. The quantitative estimate of drug-likeness (QED) is 0.501. The summed E-state index contributed by atoms with van der Waals surface area (Å²) >= 11 is 0. The van der Waals surface area contributed by atoms with Crippen LogP contribution in [0.4, 0.5) is 5.69 Å². The average Bonchev–Trinajstić information content (AvgIpc) is 2.77. The molecule has 0 atom stereocenters. The highest BCUT2D eigenvalue weighted by Crippen LogP contribution is 2.30. The summed E-state index contributed by atoms with van der Waals surface area (Å²) in [7, 11) is 0. The van der Waals surface area contributed by atoms with Crippen LogP contribution in [-0.2, 0) is 0 Å². The van der Waals surface area contributed by atoms with Crippen LogP contribution in [0.2, 0.25) is 0 Å². The number of ether oxygens (including phenoxy) is 2. The zero-order chi connectivity index (χ0) is 20.9. The number of aromatic nitrogens is 2. The number of nitrogens with one attached hydrogen (secondary N) is 2. The highest BCUT2D eigenvalue weighted by Gasteiger charge is 2.16. The van der Waals surface area contributed by atoms with E-state index in [0.717, 1.165) is 5.75 Å². The number of benzene rings is 3. The molecule has 0 fully saturated rings. The van der Waals surface area contributed by atoms with E-state index < -0.39 is 5.91 Å². The predicted molar refractivity (Wildman–Crippen MR) is 114 cm³/mol. The van der Waals surface area contributed by atoms with Crippen molar-refractivity contribution in [3.05, 3.63) is 88.8 Å². The Balaban J connectivity index is 1.60. The van der Waals surface area contributed by atoms with E-state index in [0.29, 0.717) is 34.6 Å². The summed E-state index contributed by atoms with van der Waals surface area (Å²) in [5, 5.41) is 10.0. The Bertz CT molecular complexity index is 1250. The maximum atomic E-state index is 12.9. The van der Waals surface area contributed by atoms with E-state index in [4.69, 9.17) is 9.47 Å². The lowest BCUT2D eigenvalue weighted by atomic mass is 10.1. The van der Waals surface area contributed by atoms with E-state index in [1.54, 1.807) is 54.6 Å². The molecule has 1 aromatic heterocycles. The number of carbonyl (C=O) groups is 1. The summed E-state index contributed by atoms with van der Waals surface area (Å²) in [4.78, 5) is 24.8. The van der Waals surface area contributed by atoms with E-state index >= 15 is 0 Å². The molecular weight excluding hydrogens is 382 g/mol. The van der Waals surface area contributed by atoms with Crippen molar-refractivity contribution < 1.29 is 14.3 Å². The van der Waals surface area contributed by atoms with E-state index in [1.165, 1.54) is 0 Å². The molecule has 30 heavy (non-hydrogen) atoms. The zero-order valence-electron chi connectivity index (χ0n) is 16.2. The molecular formula is C23H19N3O4. The topological polar surface area (TPSA) is 93.3 Å². The number of amides is 1. The Hall–Kier alpha value is -4.13. The second-order valence-corrected chi connectivity index (χ2v) is 6.40. The van der Waals surface area contributed by atoms with Crippen molar-refractivity contribution in [3.63, 3.8) is 0 Å². The number of carbonyl (C=O) groups excluding carboxylic acids is 1. The van der Waals surface area contributed by atoms with Crippen LogP contribution in [-0.4, -0.2) is 22.7 Å². The van der Waals surface area contributed by atoms with Gasteiger partial charge in [0.15, 0.2) is 11.4 Å². The van der Waals surface area contributed by atoms with Gasteiger partial charge in [-0.1, -0.05) is 30.3 Å². The molecule has 0 aliphatic heterocycles. The summed E-state index contributed by atoms with van der Waals surface area (Å²) in [6.45, 7) is 2.51. The number of aromatic amines is 1. The first-order valence-electron chi connectivity index (χ1n) is 9.44. The van der Waals surface area contributed by atoms with Gasteiger partial charge in [0.2, 0.25) is 0 Å². The lowest BCUT2D eigenvalue weighted by Gasteiger charge is -2.13. The fraction of sp³-hybridized carbons (Fsp3) is 0.0870. The van der Waals surface area contributed by atoms with Crippen molar-refractivity contribution in [3.8, 4) is 17.2 Å². The van der Waals surface area contributed by atoms with Gasteiger partial charge in [-0.05, 0) is 49.4 Å². The molecule has 0 aliphatic rings. The third kappa shape index (κ3) is 4.00. The van der Waals surface area contributed by atoms with Crippen molar-refractivity contribution >= 4 is 22.4 Å². The summed E-state index contributed by atoms with van der Waals surface area (Å²) < 4.78 is 11.4. The molecule has 0 aliphatic carbocycles. The number of H-pyrrole nitrogens is 1. The molecule has 0 saturated heterocycles. The highest BCUT2D eigenvalue weighted by molar-refractivity contribution is 6.11. The molecule has 7 nitrogen and oxygen atoms in total. The smallest absolute Gasteiger partial charge is 0.276 e. The van der Waals surface area contributed by atoms with Crippen LogP contribution in [0.15, 0.2) is 77.6 Å². The molecule has 0 saturated carbocycles. The second kappa shape index (κ2) is 8.48. The fourth-order valence-corrected chi connectivity index (χ4v) is 3.03. The molecule has 0 bridgehead atoms. The van der Waals surface area contributed by atoms with Crippen molar-refractivity contribution in [2.45, 2.75) is 6.92 Å². The minimum absolute atomic E-state index is 0.126. The minimum Gasteiger partial charge on any atom is -0.494 e. The Morgan fingerprint density at radius 3 is 2.37 bits per heavy atom. The van der Waals surface area contributed by atoms with Gasteiger partial charge in [-0.2, -0.15) is 5.10 Å². The maximum absolute atomic E-state index is 12.9. The summed E-state index contributed by atoms with van der Waals surface area (Å²) in [5.74, 6) is 1.38. The number of anilines is 1. The third-order valence-corrected chi connectivity index (χ3v) is 4.41. The van der Waals surface area contributed by atoms with Gasteiger partial charge >= 0.3 is 0 Å². The Morgan fingerprint density at radius 2 is 1.60 bits per heavy atom. The first-order chi connectivity index (χ1) is 14.7. The van der Waals surface area contributed by atoms with Crippen LogP contribution >= 0.6 is 0 Å². The minimum atomic E-state index is -0.454. The van der Waals surface area contributed by atoms with Crippen LogP contribution in [0, 0.1) is 0 Å². The first kappa shape index (κ1) is 19.2. The molecule has 7 heteroatoms. The lowest BCUT2D eigenvalue weighted by Crippen LogP contribution is -2.19. The number of rotatable bonds is 6. The van der Waals surface area contributed by atoms with Crippen LogP contribution < -0.4 is 20.3 Å².